The normalized spacial score (nSPS) is 48.2. The van der Waals surface area contributed by atoms with E-state index in [2.05, 4.69) is 13.8 Å². The van der Waals surface area contributed by atoms with Crippen molar-refractivity contribution in [1.29, 1.82) is 0 Å². The van der Waals surface area contributed by atoms with Crippen LogP contribution in [-0.4, -0.2) is 64.1 Å². The average Bonchev–Trinajstić information content (AvgIpc) is 3.45. The largest absolute Gasteiger partial charge is 0.380 e. The van der Waals surface area contributed by atoms with E-state index in [1.54, 1.807) is 0 Å². The molecule has 148 valence electrons. The zero-order chi connectivity index (χ0) is 17.7. The highest BCUT2D eigenvalue weighted by Gasteiger charge is 2.49. The Hall–Kier alpha value is -0.200. The van der Waals surface area contributed by atoms with Gasteiger partial charge in [0.05, 0.1) is 56.3 Å². The molecule has 0 aromatic carbocycles. The minimum Gasteiger partial charge on any atom is -0.380 e. The molecule has 5 nitrogen and oxygen atoms in total. The fourth-order valence-electron chi connectivity index (χ4n) is 5.62. The smallest absolute Gasteiger partial charge is 0.0867 e. The maximum atomic E-state index is 6.14. The van der Waals surface area contributed by atoms with Gasteiger partial charge in [0.15, 0.2) is 0 Å². The van der Waals surface area contributed by atoms with Gasteiger partial charge in [0.1, 0.15) is 0 Å². The molecule has 5 fully saturated rings. The Morgan fingerprint density at radius 2 is 1.27 bits per heavy atom. The Balaban J connectivity index is 1.02. The summed E-state index contributed by atoms with van der Waals surface area (Å²) in [5.74, 6) is 2.70. The van der Waals surface area contributed by atoms with Crippen molar-refractivity contribution in [2.24, 2.45) is 29.1 Å². The average molecular weight is 366 g/mol. The minimum absolute atomic E-state index is 0.0811. The summed E-state index contributed by atoms with van der Waals surface area (Å²) in [6, 6.07) is 0. The van der Waals surface area contributed by atoms with Crippen LogP contribution >= 0.6 is 0 Å². The molecule has 3 aliphatic heterocycles. The lowest BCUT2D eigenvalue weighted by Crippen LogP contribution is -2.50. The number of ether oxygens (including phenoxy) is 5. The van der Waals surface area contributed by atoms with Crippen molar-refractivity contribution in [3.05, 3.63) is 0 Å². The van der Waals surface area contributed by atoms with Gasteiger partial charge in [0, 0.05) is 13.2 Å². The fourth-order valence-corrected chi connectivity index (χ4v) is 5.62. The van der Waals surface area contributed by atoms with Crippen LogP contribution in [0.3, 0.4) is 0 Å². The summed E-state index contributed by atoms with van der Waals surface area (Å²) in [5, 5.41) is 0. The highest BCUT2D eigenvalue weighted by atomic mass is 16.6. The van der Waals surface area contributed by atoms with Gasteiger partial charge >= 0.3 is 0 Å². The fraction of sp³-hybridized carbons (Fsp3) is 1.00. The molecule has 3 heterocycles. The van der Waals surface area contributed by atoms with Crippen LogP contribution in [0.1, 0.15) is 39.5 Å². The van der Waals surface area contributed by atoms with Gasteiger partial charge < -0.3 is 23.7 Å². The van der Waals surface area contributed by atoms with Crippen LogP contribution in [0.5, 0.6) is 0 Å². The second kappa shape index (κ2) is 7.00. The van der Waals surface area contributed by atoms with E-state index in [1.165, 1.54) is 25.7 Å². The molecule has 0 spiro atoms. The first-order chi connectivity index (χ1) is 12.6. The molecule has 8 atom stereocenters. The van der Waals surface area contributed by atoms with Crippen LogP contribution < -0.4 is 0 Å². The summed E-state index contributed by atoms with van der Waals surface area (Å²) < 4.78 is 29.2. The maximum Gasteiger partial charge on any atom is 0.0867 e. The first-order valence-corrected chi connectivity index (χ1v) is 10.7. The molecule has 2 aliphatic carbocycles. The van der Waals surface area contributed by atoms with Gasteiger partial charge in [-0.15, -0.1) is 0 Å². The van der Waals surface area contributed by atoms with Crippen LogP contribution in [0.4, 0.5) is 0 Å². The zero-order valence-corrected chi connectivity index (χ0v) is 16.2. The lowest BCUT2D eigenvalue weighted by atomic mass is 9.82. The van der Waals surface area contributed by atoms with Crippen molar-refractivity contribution in [1.82, 2.24) is 0 Å². The Kier molecular flexibility index (Phi) is 4.81. The van der Waals surface area contributed by atoms with Crippen LogP contribution in [0, 0.1) is 29.1 Å². The third-order valence-electron chi connectivity index (χ3n) is 7.25. The molecule has 5 rings (SSSR count). The second-order valence-corrected chi connectivity index (χ2v) is 9.93. The number of epoxide rings is 2. The molecule has 8 unspecified atom stereocenters. The van der Waals surface area contributed by atoms with Gasteiger partial charge in [0.2, 0.25) is 0 Å². The SMILES string of the molecule is CC1CC(COCC2(COCC3CC(C)C4OC4C3)COC2)CC2OC12. The molecule has 0 N–H and O–H groups in total. The van der Waals surface area contributed by atoms with E-state index in [0.717, 1.165) is 39.6 Å². The summed E-state index contributed by atoms with van der Waals surface area (Å²) in [6.45, 7) is 9.43. The van der Waals surface area contributed by atoms with E-state index in [1.807, 2.05) is 0 Å². The predicted octanol–water partition coefficient (Wildman–Crippen LogP) is 2.66. The summed E-state index contributed by atoms with van der Waals surface area (Å²) in [5.41, 5.74) is 0.0811. The standard InChI is InChI=1S/C21H34O5/c1-13-3-15(5-17-19(13)25-17)7-22-9-21(11-24-12-21)10-23-8-16-4-14(2)20-18(6-16)26-20/h13-20H,3-12H2,1-2H3. The highest BCUT2D eigenvalue weighted by molar-refractivity contribution is 4.97. The van der Waals surface area contributed by atoms with Crippen molar-refractivity contribution >= 4 is 0 Å². The summed E-state index contributed by atoms with van der Waals surface area (Å²) in [4.78, 5) is 0. The molecule has 0 aromatic heterocycles. The van der Waals surface area contributed by atoms with Gasteiger partial charge in [0.25, 0.3) is 0 Å². The van der Waals surface area contributed by atoms with E-state index in [0.29, 0.717) is 48.1 Å². The Bertz CT molecular complexity index is 467. The summed E-state index contributed by atoms with van der Waals surface area (Å²) >= 11 is 0. The molecule has 2 saturated carbocycles. The number of rotatable bonds is 8. The van der Waals surface area contributed by atoms with E-state index < -0.39 is 0 Å². The Morgan fingerprint density at radius 3 is 1.65 bits per heavy atom. The first-order valence-electron chi connectivity index (χ1n) is 10.7. The van der Waals surface area contributed by atoms with E-state index in [9.17, 15) is 0 Å². The van der Waals surface area contributed by atoms with Crippen molar-refractivity contribution < 1.29 is 23.7 Å². The minimum atomic E-state index is 0.0811. The maximum absolute atomic E-state index is 6.14. The first kappa shape index (κ1) is 17.9. The van der Waals surface area contributed by atoms with Gasteiger partial charge in [-0.3, -0.25) is 0 Å². The lowest BCUT2D eigenvalue weighted by molar-refractivity contribution is -0.182. The van der Waals surface area contributed by atoms with Crippen LogP contribution in [0.2, 0.25) is 0 Å². The van der Waals surface area contributed by atoms with Gasteiger partial charge in [-0.25, -0.2) is 0 Å². The third-order valence-corrected chi connectivity index (χ3v) is 7.25. The molecule has 0 radical (unpaired) electrons. The number of fused-ring (bicyclic) bond motifs is 2. The monoisotopic (exact) mass is 366 g/mol. The van der Waals surface area contributed by atoms with Gasteiger partial charge in [-0.2, -0.15) is 0 Å². The topological polar surface area (TPSA) is 52.8 Å². The lowest BCUT2D eigenvalue weighted by Gasteiger charge is -2.41. The number of hydrogen-bond donors (Lipinski definition) is 0. The molecule has 5 heteroatoms. The molecule has 5 aliphatic rings. The summed E-state index contributed by atoms with van der Waals surface area (Å²) in [7, 11) is 0. The van der Waals surface area contributed by atoms with Crippen LogP contribution in [-0.2, 0) is 23.7 Å². The van der Waals surface area contributed by atoms with Crippen molar-refractivity contribution in [3.63, 3.8) is 0 Å². The molecule has 0 amide bonds. The summed E-state index contributed by atoms with van der Waals surface area (Å²) in [6.07, 6.45) is 6.97. The Labute approximate surface area is 157 Å². The van der Waals surface area contributed by atoms with E-state index >= 15 is 0 Å². The molecule has 3 saturated heterocycles. The molecular weight excluding hydrogens is 332 g/mol. The molecule has 26 heavy (non-hydrogen) atoms. The molecule has 0 aromatic rings. The Morgan fingerprint density at radius 1 is 0.769 bits per heavy atom. The predicted molar refractivity (Wildman–Crippen MR) is 96.0 cm³/mol. The molecular formula is C21H34O5. The quantitative estimate of drug-likeness (QED) is 0.618. The van der Waals surface area contributed by atoms with Gasteiger partial charge in [-0.05, 0) is 49.4 Å². The van der Waals surface area contributed by atoms with Gasteiger partial charge in [-0.1, -0.05) is 13.8 Å². The highest BCUT2D eigenvalue weighted by Crippen LogP contribution is 2.44. The van der Waals surface area contributed by atoms with E-state index in [-0.39, 0.29) is 5.41 Å². The van der Waals surface area contributed by atoms with Crippen molar-refractivity contribution in [2.75, 3.05) is 39.6 Å². The zero-order valence-electron chi connectivity index (χ0n) is 16.2. The second-order valence-electron chi connectivity index (χ2n) is 9.93. The van der Waals surface area contributed by atoms with Crippen LogP contribution in [0.25, 0.3) is 0 Å². The van der Waals surface area contributed by atoms with Crippen molar-refractivity contribution in [3.8, 4) is 0 Å². The van der Waals surface area contributed by atoms with Crippen LogP contribution in [0.15, 0.2) is 0 Å². The molecule has 0 bridgehead atoms. The number of hydrogen-bond acceptors (Lipinski definition) is 5. The van der Waals surface area contributed by atoms with E-state index in [4.69, 9.17) is 23.7 Å². The third kappa shape index (κ3) is 3.70. The van der Waals surface area contributed by atoms with Crippen molar-refractivity contribution in [2.45, 2.75) is 63.9 Å².